The van der Waals surface area contributed by atoms with Gasteiger partial charge in [-0.1, -0.05) is 0 Å². The number of thiophene rings is 1. The summed E-state index contributed by atoms with van der Waals surface area (Å²) < 4.78 is 5.20. The van der Waals surface area contributed by atoms with Crippen molar-refractivity contribution in [1.29, 1.82) is 0 Å². The summed E-state index contributed by atoms with van der Waals surface area (Å²) in [4.78, 5) is 52.8. The van der Waals surface area contributed by atoms with E-state index in [2.05, 4.69) is 24.1 Å². The molecule has 3 heterocycles. The third-order valence-electron chi connectivity index (χ3n) is 5.01. The number of nitrogens with zero attached hydrogens (tertiary/aromatic N) is 2. The van der Waals surface area contributed by atoms with Gasteiger partial charge >= 0.3 is 5.97 Å². The summed E-state index contributed by atoms with van der Waals surface area (Å²) in [6.07, 6.45) is 0.980. The summed E-state index contributed by atoms with van der Waals surface area (Å²) in [7, 11) is 0. The second-order valence-corrected chi connectivity index (χ2v) is 8.27. The topological polar surface area (TPSA) is 96.0 Å². The van der Waals surface area contributed by atoms with Crippen molar-refractivity contribution < 1.29 is 23.9 Å². The van der Waals surface area contributed by atoms with E-state index in [4.69, 9.17) is 4.74 Å². The van der Waals surface area contributed by atoms with Gasteiger partial charge < -0.3 is 10.1 Å². The Balaban J connectivity index is 1.83. The molecule has 0 unspecified atom stereocenters. The molecule has 152 valence electrons. The number of carbonyl (C=O) groups is 4. The molecule has 0 bridgehead atoms. The van der Waals surface area contributed by atoms with Gasteiger partial charge in [-0.15, -0.1) is 11.3 Å². The minimum Gasteiger partial charge on any atom is -0.462 e. The van der Waals surface area contributed by atoms with Crippen molar-refractivity contribution in [2.24, 2.45) is 0 Å². The molecule has 0 saturated carbocycles. The van der Waals surface area contributed by atoms with Gasteiger partial charge in [0.25, 0.3) is 0 Å². The molecule has 0 atom stereocenters. The molecule has 0 radical (unpaired) electrons. The fourth-order valence-corrected chi connectivity index (χ4v) is 4.76. The Labute approximate surface area is 167 Å². The number of imide groups is 1. The summed E-state index contributed by atoms with van der Waals surface area (Å²) in [6.45, 7) is 7.43. The lowest BCUT2D eigenvalue weighted by molar-refractivity contribution is -0.141. The number of ether oxygens (including phenoxy) is 1. The molecule has 3 amide bonds. The van der Waals surface area contributed by atoms with Crippen LogP contribution in [0.5, 0.6) is 0 Å². The molecule has 8 nitrogen and oxygen atoms in total. The van der Waals surface area contributed by atoms with Gasteiger partial charge in [0.1, 0.15) is 11.5 Å². The first-order chi connectivity index (χ1) is 13.3. The fraction of sp³-hybridized carbons (Fsp3) is 0.579. The van der Waals surface area contributed by atoms with Crippen LogP contribution in [0.1, 0.15) is 54.4 Å². The molecule has 1 N–H and O–H groups in total. The van der Waals surface area contributed by atoms with E-state index < -0.39 is 11.9 Å². The second kappa shape index (κ2) is 8.40. The van der Waals surface area contributed by atoms with E-state index in [9.17, 15) is 19.2 Å². The van der Waals surface area contributed by atoms with E-state index in [0.29, 0.717) is 29.6 Å². The zero-order valence-electron chi connectivity index (χ0n) is 16.4. The normalized spacial score (nSPS) is 17.2. The van der Waals surface area contributed by atoms with E-state index >= 15 is 0 Å². The number of carbonyl (C=O) groups excluding carboxylic acids is 4. The summed E-state index contributed by atoms with van der Waals surface area (Å²) in [5.41, 5.74) is 1.32. The Morgan fingerprint density at radius 2 is 1.86 bits per heavy atom. The Morgan fingerprint density at radius 3 is 2.46 bits per heavy atom. The van der Waals surface area contributed by atoms with Gasteiger partial charge in [-0.25, -0.2) is 4.79 Å². The molecule has 0 aliphatic carbocycles. The molecule has 3 rings (SSSR count). The van der Waals surface area contributed by atoms with E-state index in [0.717, 1.165) is 21.9 Å². The number of fused-ring (bicyclic) bond motifs is 1. The number of esters is 1. The highest BCUT2D eigenvalue weighted by Crippen LogP contribution is 2.38. The third-order valence-corrected chi connectivity index (χ3v) is 6.14. The van der Waals surface area contributed by atoms with Crippen LogP contribution < -0.4 is 5.32 Å². The molecule has 0 aromatic carbocycles. The molecule has 1 saturated heterocycles. The molecule has 2 aliphatic heterocycles. The molecule has 1 aromatic rings. The van der Waals surface area contributed by atoms with Crippen LogP contribution in [0, 0.1) is 0 Å². The van der Waals surface area contributed by atoms with Crippen molar-refractivity contribution in [3.05, 3.63) is 16.0 Å². The van der Waals surface area contributed by atoms with Crippen LogP contribution in [0.4, 0.5) is 5.00 Å². The minimum absolute atomic E-state index is 0.137. The molecule has 9 heteroatoms. The second-order valence-electron chi connectivity index (χ2n) is 7.16. The predicted molar refractivity (Wildman–Crippen MR) is 104 cm³/mol. The zero-order valence-corrected chi connectivity index (χ0v) is 17.2. The van der Waals surface area contributed by atoms with E-state index in [-0.39, 0.29) is 37.8 Å². The van der Waals surface area contributed by atoms with Crippen LogP contribution in [0.2, 0.25) is 0 Å². The average molecular weight is 407 g/mol. The number of amides is 3. The summed E-state index contributed by atoms with van der Waals surface area (Å²) in [5.74, 6) is -1.64. The SMILES string of the molecule is CCOC(=O)c1c(NC(=O)CN2C(=O)CCC2=O)sc2c1CCN(C(C)C)C2. The van der Waals surface area contributed by atoms with Gasteiger partial charge in [-0.3, -0.25) is 24.2 Å². The van der Waals surface area contributed by atoms with Crippen molar-refractivity contribution in [1.82, 2.24) is 9.80 Å². The van der Waals surface area contributed by atoms with Gasteiger partial charge in [0.15, 0.2) is 0 Å². The largest absolute Gasteiger partial charge is 0.462 e. The van der Waals surface area contributed by atoms with Crippen LogP contribution >= 0.6 is 11.3 Å². The van der Waals surface area contributed by atoms with Crippen LogP contribution in [0.15, 0.2) is 0 Å². The molecular formula is C19H25N3O5S. The van der Waals surface area contributed by atoms with Crippen LogP contribution in [0.3, 0.4) is 0 Å². The summed E-state index contributed by atoms with van der Waals surface area (Å²) in [6, 6.07) is 0.381. The van der Waals surface area contributed by atoms with Gasteiger partial charge in [0.2, 0.25) is 17.7 Å². The Bertz CT molecular complexity index is 801. The lowest BCUT2D eigenvalue weighted by atomic mass is 10.0. The van der Waals surface area contributed by atoms with Crippen LogP contribution in [-0.2, 0) is 32.1 Å². The molecule has 1 aromatic heterocycles. The van der Waals surface area contributed by atoms with E-state index in [1.54, 1.807) is 6.92 Å². The lowest BCUT2D eigenvalue weighted by Crippen LogP contribution is -2.37. The maximum atomic E-state index is 12.5. The lowest BCUT2D eigenvalue weighted by Gasteiger charge is -2.30. The monoisotopic (exact) mass is 407 g/mol. The Hall–Kier alpha value is -2.26. The highest BCUT2D eigenvalue weighted by molar-refractivity contribution is 7.17. The first kappa shape index (κ1) is 20.5. The van der Waals surface area contributed by atoms with Crippen molar-refractivity contribution >= 4 is 40.0 Å². The molecule has 0 spiro atoms. The maximum absolute atomic E-state index is 12.5. The van der Waals surface area contributed by atoms with Gasteiger partial charge in [-0.05, 0) is 32.8 Å². The number of likely N-dealkylation sites (tertiary alicyclic amines) is 1. The van der Waals surface area contributed by atoms with Crippen LogP contribution in [0.25, 0.3) is 0 Å². The molecule has 1 fully saturated rings. The summed E-state index contributed by atoms with van der Waals surface area (Å²) >= 11 is 1.36. The highest BCUT2D eigenvalue weighted by Gasteiger charge is 2.33. The molecule has 28 heavy (non-hydrogen) atoms. The molecule has 2 aliphatic rings. The van der Waals surface area contributed by atoms with Crippen molar-refractivity contribution in [3.8, 4) is 0 Å². The van der Waals surface area contributed by atoms with Crippen LogP contribution in [-0.4, -0.2) is 59.2 Å². The molecular weight excluding hydrogens is 382 g/mol. The van der Waals surface area contributed by atoms with Gasteiger partial charge in [0.05, 0.1) is 12.2 Å². The fourth-order valence-electron chi connectivity index (χ4n) is 3.48. The van der Waals surface area contributed by atoms with Crippen molar-refractivity contribution in [3.63, 3.8) is 0 Å². The van der Waals surface area contributed by atoms with Gasteiger partial charge in [-0.2, -0.15) is 0 Å². The minimum atomic E-state index is -0.492. The maximum Gasteiger partial charge on any atom is 0.341 e. The smallest absolute Gasteiger partial charge is 0.341 e. The van der Waals surface area contributed by atoms with Crippen molar-refractivity contribution in [2.75, 3.05) is 25.0 Å². The van der Waals surface area contributed by atoms with Gasteiger partial charge in [0, 0.05) is 36.9 Å². The number of nitrogens with one attached hydrogen (secondary N) is 1. The van der Waals surface area contributed by atoms with Crippen molar-refractivity contribution in [2.45, 2.75) is 52.6 Å². The Morgan fingerprint density at radius 1 is 1.18 bits per heavy atom. The van der Waals surface area contributed by atoms with E-state index in [1.807, 2.05) is 0 Å². The Kier molecular flexibility index (Phi) is 6.14. The number of anilines is 1. The quantitative estimate of drug-likeness (QED) is 0.570. The standard InChI is InChI=1S/C19H25N3O5S/c1-4-27-19(26)17-12-7-8-21(11(2)3)9-13(12)28-18(17)20-14(23)10-22-15(24)5-6-16(22)25/h11H,4-10H2,1-3H3,(H,20,23). The number of hydrogen-bond acceptors (Lipinski definition) is 7. The zero-order chi connectivity index (χ0) is 20.4. The first-order valence-electron chi connectivity index (χ1n) is 9.50. The summed E-state index contributed by atoms with van der Waals surface area (Å²) in [5, 5.41) is 3.16. The van der Waals surface area contributed by atoms with E-state index in [1.165, 1.54) is 11.3 Å². The average Bonchev–Trinajstić information content (AvgIpc) is 3.15. The predicted octanol–water partition coefficient (Wildman–Crippen LogP) is 1.78. The first-order valence-corrected chi connectivity index (χ1v) is 10.3. The third kappa shape index (κ3) is 4.10. The number of rotatable bonds is 6. The highest BCUT2D eigenvalue weighted by atomic mass is 32.1. The number of hydrogen-bond donors (Lipinski definition) is 1.